The molecule has 5 aromatic carbocycles. The number of hydrogen-bond acceptors (Lipinski definition) is 4. The largest absolute Gasteiger partial charge is 0.244 e. The summed E-state index contributed by atoms with van der Waals surface area (Å²) in [6.07, 6.45) is 0. The third-order valence-corrected chi connectivity index (χ3v) is 8.51. The highest BCUT2D eigenvalue weighted by atomic mass is 32.1. The van der Waals surface area contributed by atoms with E-state index in [9.17, 15) is 0 Å². The fourth-order valence-electron chi connectivity index (χ4n) is 5.39. The Morgan fingerprint density at radius 2 is 1.28 bits per heavy atom. The molecule has 3 heterocycles. The lowest BCUT2D eigenvalue weighted by Gasteiger charge is -2.11. The standard InChI is InChI=1S/C35H21N3S/c1-2-9-22(10-3-1)23-17-19-29-24(21-23)18-20-31(36-29)35-37-30-15-6-4-12-27(30)33(38-35)28-14-8-13-26-25-11-5-7-16-32(25)39-34(26)28/h1-21H. The first kappa shape index (κ1) is 22.1. The van der Waals surface area contributed by atoms with Gasteiger partial charge < -0.3 is 0 Å². The zero-order valence-corrected chi connectivity index (χ0v) is 21.7. The van der Waals surface area contributed by atoms with Crippen LogP contribution in [0.15, 0.2) is 127 Å². The molecule has 0 aliphatic rings. The monoisotopic (exact) mass is 515 g/mol. The summed E-state index contributed by atoms with van der Waals surface area (Å²) >= 11 is 1.82. The quantitative estimate of drug-likeness (QED) is 0.235. The molecule has 4 heteroatoms. The third-order valence-electron chi connectivity index (χ3n) is 7.29. The van der Waals surface area contributed by atoms with E-state index in [0.717, 1.165) is 38.8 Å². The van der Waals surface area contributed by atoms with Crippen molar-refractivity contribution in [2.45, 2.75) is 0 Å². The normalized spacial score (nSPS) is 11.6. The molecule has 0 saturated carbocycles. The molecule has 0 unspecified atom stereocenters. The lowest BCUT2D eigenvalue weighted by molar-refractivity contribution is 1.20. The maximum atomic E-state index is 5.17. The highest BCUT2D eigenvalue weighted by Crippen LogP contribution is 2.41. The minimum absolute atomic E-state index is 0.635. The lowest BCUT2D eigenvalue weighted by atomic mass is 10.0. The summed E-state index contributed by atoms with van der Waals surface area (Å²) in [4.78, 5) is 15.1. The number of nitrogens with zero attached hydrogens (tertiary/aromatic N) is 3. The van der Waals surface area contributed by atoms with E-state index in [4.69, 9.17) is 15.0 Å². The van der Waals surface area contributed by atoms with Crippen molar-refractivity contribution in [3.8, 4) is 33.9 Å². The Morgan fingerprint density at radius 3 is 2.21 bits per heavy atom. The first-order chi connectivity index (χ1) is 19.3. The topological polar surface area (TPSA) is 38.7 Å². The lowest BCUT2D eigenvalue weighted by Crippen LogP contribution is -1.97. The van der Waals surface area contributed by atoms with Gasteiger partial charge in [-0.25, -0.2) is 15.0 Å². The molecule has 8 aromatic rings. The average molecular weight is 516 g/mol. The summed E-state index contributed by atoms with van der Waals surface area (Å²) in [5.74, 6) is 0.635. The predicted molar refractivity (Wildman–Crippen MR) is 164 cm³/mol. The van der Waals surface area contributed by atoms with E-state index in [1.807, 2.05) is 29.5 Å². The fraction of sp³-hybridized carbons (Fsp3) is 0. The summed E-state index contributed by atoms with van der Waals surface area (Å²) in [5.41, 5.74) is 7.05. The van der Waals surface area contributed by atoms with E-state index in [2.05, 4.69) is 109 Å². The Labute approximate surface area is 229 Å². The fourth-order valence-corrected chi connectivity index (χ4v) is 6.61. The third kappa shape index (κ3) is 3.69. The number of pyridine rings is 1. The molecule has 0 N–H and O–H groups in total. The number of rotatable bonds is 3. The predicted octanol–water partition coefficient (Wildman–Crippen LogP) is 9.55. The number of para-hydroxylation sites is 1. The molecule has 0 spiro atoms. The number of hydrogen-bond donors (Lipinski definition) is 0. The van der Waals surface area contributed by atoms with Crippen molar-refractivity contribution in [3.63, 3.8) is 0 Å². The molecule has 0 aliphatic heterocycles. The SMILES string of the molecule is c1ccc(-c2ccc3nc(-c4nc(-c5cccc6c5sc5ccccc56)c5ccccc5n4)ccc3c2)cc1. The molecule has 182 valence electrons. The van der Waals surface area contributed by atoms with Crippen molar-refractivity contribution in [2.24, 2.45) is 0 Å². The van der Waals surface area contributed by atoms with E-state index in [-0.39, 0.29) is 0 Å². The Bertz CT molecular complexity index is 2180. The zero-order valence-electron chi connectivity index (χ0n) is 20.9. The first-order valence-corrected chi connectivity index (χ1v) is 13.8. The highest BCUT2D eigenvalue weighted by molar-refractivity contribution is 7.26. The molecule has 0 atom stereocenters. The van der Waals surface area contributed by atoms with Crippen molar-refractivity contribution in [3.05, 3.63) is 127 Å². The van der Waals surface area contributed by atoms with Crippen molar-refractivity contribution >= 4 is 53.3 Å². The van der Waals surface area contributed by atoms with Crippen LogP contribution in [0, 0.1) is 0 Å². The van der Waals surface area contributed by atoms with Gasteiger partial charge >= 0.3 is 0 Å². The van der Waals surface area contributed by atoms with Gasteiger partial charge in [-0.05, 0) is 41.5 Å². The van der Waals surface area contributed by atoms with Crippen LogP contribution in [0.25, 0.3) is 75.9 Å². The number of fused-ring (bicyclic) bond motifs is 5. The van der Waals surface area contributed by atoms with Gasteiger partial charge in [0, 0.05) is 36.5 Å². The second-order valence-corrected chi connectivity index (χ2v) is 10.7. The van der Waals surface area contributed by atoms with Gasteiger partial charge in [0.2, 0.25) is 0 Å². The molecular weight excluding hydrogens is 494 g/mol. The van der Waals surface area contributed by atoms with Crippen LogP contribution in [0.5, 0.6) is 0 Å². The molecule has 39 heavy (non-hydrogen) atoms. The van der Waals surface area contributed by atoms with Gasteiger partial charge in [0.05, 0.1) is 16.7 Å². The molecule has 0 saturated heterocycles. The molecule has 0 aliphatic carbocycles. The Morgan fingerprint density at radius 1 is 0.487 bits per heavy atom. The summed E-state index contributed by atoms with van der Waals surface area (Å²) < 4.78 is 2.53. The average Bonchev–Trinajstić information content (AvgIpc) is 3.39. The van der Waals surface area contributed by atoms with Gasteiger partial charge in [0.25, 0.3) is 0 Å². The molecule has 0 amide bonds. The maximum absolute atomic E-state index is 5.17. The Hall–Kier alpha value is -4.93. The molecule has 3 nitrogen and oxygen atoms in total. The van der Waals surface area contributed by atoms with Crippen LogP contribution < -0.4 is 0 Å². The van der Waals surface area contributed by atoms with Crippen molar-refractivity contribution in [1.29, 1.82) is 0 Å². The Balaban J connectivity index is 1.31. The summed E-state index contributed by atoms with van der Waals surface area (Å²) in [6, 6.07) is 44.3. The highest BCUT2D eigenvalue weighted by Gasteiger charge is 2.16. The van der Waals surface area contributed by atoms with Gasteiger partial charge in [0.15, 0.2) is 5.82 Å². The van der Waals surface area contributed by atoms with Crippen LogP contribution in [0.2, 0.25) is 0 Å². The maximum Gasteiger partial charge on any atom is 0.179 e. The number of thiophene rings is 1. The van der Waals surface area contributed by atoms with Crippen molar-refractivity contribution in [2.75, 3.05) is 0 Å². The van der Waals surface area contributed by atoms with Gasteiger partial charge in [-0.2, -0.15) is 0 Å². The first-order valence-electron chi connectivity index (χ1n) is 13.0. The van der Waals surface area contributed by atoms with E-state index in [1.54, 1.807) is 0 Å². The number of benzene rings is 5. The zero-order chi connectivity index (χ0) is 25.8. The van der Waals surface area contributed by atoms with Crippen LogP contribution >= 0.6 is 11.3 Å². The summed E-state index contributed by atoms with van der Waals surface area (Å²) in [5, 5.41) is 4.68. The van der Waals surface area contributed by atoms with E-state index < -0.39 is 0 Å². The Kier molecular flexibility index (Phi) is 5.00. The van der Waals surface area contributed by atoms with E-state index >= 15 is 0 Å². The van der Waals surface area contributed by atoms with Gasteiger partial charge in [-0.1, -0.05) is 97.1 Å². The van der Waals surface area contributed by atoms with E-state index in [1.165, 1.54) is 31.3 Å². The second-order valence-electron chi connectivity index (χ2n) is 9.66. The molecule has 3 aromatic heterocycles. The van der Waals surface area contributed by atoms with Gasteiger partial charge in [0.1, 0.15) is 5.69 Å². The minimum atomic E-state index is 0.635. The smallest absolute Gasteiger partial charge is 0.179 e. The van der Waals surface area contributed by atoms with Gasteiger partial charge in [-0.15, -0.1) is 11.3 Å². The van der Waals surface area contributed by atoms with Crippen LogP contribution in [0.1, 0.15) is 0 Å². The van der Waals surface area contributed by atoms with Gasteiger partial charge in [-0.3, -0.25) is 0 Å². The number of aromatic nitrogens is 3. The summed E-state index contributed by atoms with van der Waals surface area (Å²) in [6.45, 7) is 0. The van der Waals surface area contributed by atoms with Crippen molar-refractivity contribution in [1.82, 2.24) is 15.0 Å². The molecular formula is C35H21N3S. The second kappa shape index (κ2) is 8.83. The van der Waals surface area contributed by atoms with Crippen molar-refractivity contribution < 1.29 is 0 Å². The molecule has 0 bridgehead atoms. The molecule has 8 rings (SSSR count). The van der Waals surface area contributed by atoms with Crippen LogP contribution in [-0.2, 0) is 0 Å². The van der Waals surface area contributed by atoms with Crippen LogP contribution in [-0.4, -0.2) is 15.0 Å². The van der Waals surface area contributed by atoms with E-state index in [0.29, 0.717) is 5.82 Å². The molecule has 0 fully saturated rings. The summed E-state index contributed by atoms with van der Waals surface area (Å²) in [7, 11) is 0. The minimum Gasteiger partial charge on any atom is -0.244 e. The van der Waals surface area contributed by atoms with Crippen LogP contribution in [0.3, 0.4) is 0 Å². The molecule has 0 radical (unpaired) electrons. The van der Waals surface area contributed by atoms with Crippen LogP contribution in [0.4, 0.5) is 0 Å².